The lowest BCUT2D eigenvalue weighted by atomic mass is 10.2. The van der Waals surface area contributed by atoms with Gasteiger partial charge in [0.25, 0.3) is 5.91 Å². The minimum absolute atomic E-state index is 0.115. The van der Waals surface area contributed by atoms with Gasteiger partial charge in [-0.25, -0.2) is 0 Å². The summed E-state index contributed by atoms with van der Waals surface area (Å²) in [7, 11) is 0. The molecule has 0 saturated carbocycles. The highest BCUT2D eigenvalue weighted by Gasteiger charge is 2.27. The molecule has 0 N–H and O–H groups in total. The molecule has 3 rings (SSSR count). The molecule has 1 amide bonds. The molecule has 3 heterocycles. The van der Waals surface area contributed by atoms with Crippen LogP contribution in [-0.4, -0.2) is 32.1 Å². The van der Waals surface area contributed by atoms with Crippen molar-refractivity contribution in [1.82, 2.24) is 19.7 Å². The van der Waals surface area contributed by atoms with E-state index in [1.165, 1.54) is 0 Å². The fourth-order valence-corrected chi connectivity index (χ4v) is 2.67. The summed E-state index contributed by atoms with van der Waals surface area (Å²) >= 11 is 3.21. The first-order chi connectivity index (χ1) is 9.56. The Kier molecular flexibility index (Phi) is 3.37. The fraction of sp³-hybridized carbons (Fsp3) is 0.462. The second-order valence-electron chi connectivity index (χ2n) is 5.11. The van der Waals surface area contributed by atoms with E-state index in [4.69, 9.17) is 4.42 Å². The van der Waals surface area contributed by atoms with Crippen molar-refractivity contribution in [3.05, 3.63) is 34.2 Å². The minimum Gasteiger partial charge on any atom is -0.444 e. The molecular formula is C13H15BrN4O2. The van der Waals surface area contributed by atoms with E-state index < -0.39 is 0 Å². The van der Waals surface area contributed by atoms with Crippen LogP contribution in [0.5, 0.6) is 0 Å². The van der Waals surface area contributed by atoms with E-state index >= 15 is 0 Å². The molecule has 0 saturated heterocycles. The van der Waals surface area contributed by atoms with Crippen LogP contribution in [-0.2, 0) is 13.1 Å². The third-order valence-electron chi connectivity index (χ3n) is 3.37. The molecule has 0 spiro atoms. The Labute approximate surface area is 124 Å². The highest BCUT2D eigenvalue weighted by Crippen LogP contribution is 2.21. The zero-order chi connectivity index (χ0) is 14.3. The van der Waals surface area contributed by atoms with Crippen LogP contribution < -0.4 is 0 Å². The Morgan fingerprint density at radius 3 is 2.80 bits per heavy atom. The van der Waals surface area contributed by atoms with E-state index in [-0.39, 0.29) is 5.91 Å². The number of furan rings is 1. The number of halogens is 1. The van der Waals surface area contributed by atoms with E-state index in [0.29, 0.717) is 29.4 Å². The first-order valence-electron chi connectivity index (χ1n) is 6.53. The Hall–Kier alpha value is -1.63. The summed E-state index contributed by atoms with van der Waals surface area (Å²) in [4.78, 5) is 14.1. The summed E-state index contributed by atoms with van der Waals surface area (Å²) in [6, 6.07) is 3.39. The Morgan fingerprint density at radius 2 is 2.15 bits per heavy atom. The molecule has 0 atom stereocenters. The molecule has 6 nitrogen and oxygen atoms in total. The first-order valence-corrected chi connectivity index (χ1v) is 7.32. The smallest absolute Gasteiger partial charge is 0.290 e. The van der Waals surface area contributed by atoms with E-state index in [9.17, 15) is 4.79 Å². The summed E-state index contributed by atoms with van der Waals surface area (Å²) < 4.78 is 7.97. The van der Waals surface area contributed by atoms with Gasteiger partial charge in [0, 0.05) is 19.0 Å². The summed E-state index contributed by atoms with van der Waals surface area (Å²) in [5.41, 5.74) is 0. The number of amides is 1. The molecule has 106 valence electrons. The van der Waals surface area contributed by atoms with E-state index in [0.717, 1.165) is 18.2 Å². The standard InChI is InChI=1S/C13H15BrN4O2/c1-8(2)12-16-15-11-7-17(5-6-18(11)12)13(19)9-3-4-10(14)20-9/h3-4,8H,5-7H2,1-2H3. The second kappa shape index (κ2) is 5.05. The average Bonchev–Trinajstić information content (AvgIpc) is 3.03. The van der Waals surface area contributed by atoms with Crippen LogP contribution in [0, 0.1) is 0 Å². The molecule has 2 aromatic heterocycles. The Balaban J connectivity index is 1.81. The number of carbonyl (C=O) groups excluding carboxylic acids is 1. The Bertz CT molecular complexity index is 647. The molecule has 0 fully saturated rings. The highest BCUT2D eigenvalue weighted by atomic mass is 79.9. The quantitative estimate of drug-likeness (QED) is 0.843. The first kappa shape index (κ1) is 13.4. The van der Waals surface area contributed by atoms with Crippen molar-refractivity contribution in [3.63, 3.8) is 0 Å². The third-order valence-corrected chi connectivity index (χ3v) is 3.80. The zero-order valence-electron chi connectivity index (χ0n) is 11.3. The zero-order valence-corrected chi connectivity index (χ0v) is 12.9. The number of nitrogens with zero attached hydrogens (tertiary/aromatic N) is 4. The van der Waals surface area contributed by atoms with Crippen molar-refractivity contribution in [2.75, 3.05) is 6.54 Å². The van der Waals surface area contributed by atoms with Crippen LogP contribution in [0.2, 0.25) is 0 Å². The van der Waals surface area contributed by atoms with Crippen LogP contribution >= 0.6 is 15.9 Å². The SMILES string of the molecule is CC(C)c1nnc2n1CCN(C(=O)c1ccc(Br)o1)C2. The largest absolute Gasteiger partial charge is 0.444 e. The van der Waals surface area contributed by atoms with Crippen molar-refractivity contribution in [2.45, 2.75) is 32.9 Å². The highest BCUT2D eigenvalue weighted by molar-refractivity contribution is 9.10. The molecule has 0 radical (unpaired) electrons. The number of rotatable bonds is 2. The lowest BCUT2D eigenvalue weighted by Gasteiger charge is -2.27. The lowest BCUT2D eigenvalue weighted by molar-refractivity contribution is 0.0672. The van der Waals surface area contributed by atoms with Gasteiger partial charge in [-0.1, -0.05) is 13.8 Å². The molecule has 20 heavy (non-hydrogen) atoms. The number of fused-ring (bicyclic) bond motifs is 1. The summed E-state index contributed by atoms with van der Waals surface area (Å²) in [6.07, 6.45) is 0. The summed E-state index contributed by atoms with van der Waals surface area (Å²) in [5.74, 6) is 2.37. The van der Waals surface area contributed by atoms with Crippen molar-refractivity contribution < 1.29 is 9.21 Å². The molecular weight excluding hydrogens is 324 g/mol. The molecule has 7 heteroatoms. The topological polar surface area (TPSA) is 64.2 Å². The maximum Gasteiger partial charge on any atom is 0.290 e. The van der Waals surface area contributed by atoms with Crippen LogP contribution in [0.4, 0.5) is 0 Å². The van der Waals surface area contributed by atoms with Gasteiger partial charge < -0.3 is 13.9 Å². The van der Waals surface area contributed by atoms with Crippen molar-refractivity contribution >= 4 is 21.8 Å². The number of aromatic nitrogens is 3. The number of hydrogen-bond acceptors (Lipinski definition) is 4. The summed E-state index contributed by atoms with van der Waals surface area (Å²) in [5, 5.41) is 8.40. The molecule has 1 aliphatic heterocycles. The summed E-state index contributed by atoms with van der Waals surface area (Å²) in [6.45, 7) is 6.02. The number of carbonyl (C=O) groups is 1. The van der Waals surface area contributed by atoms with E-state index in [1.54, 1.807) is 17.0 Å². The minimum atomic E-state index is -0.115. The normalized spacial score (nSPS) is 14.7. The van der Waals surface area contributed by atoms with Gasteiger partial charge in [-0.2, -0.15) is 0 Å². The molecule has 0 bridgehead atoms. The molecule has 1 aliphatic rings. The maximum atomic E-state index is 12.3. The second-order valence-corrected chi connectivity index (χ2v) is 5.89. The predicted molar refractivity (Wildman–Crippen MR) is 75.3 cm³/mol. The van der Waals surface area contributed by atoms with Gasteiger partial charge in [-0.15, -0.1) is 10.2 Å². The van der Waals surface area contributed by atoms with Gasteiger partial charge in [0.15, 0.2) is 16.3 Å². The van der Waals surface area contributed by atoms with Gasteiger partial charge in [-0.05, 0) is 28.1 Å². The van der Waals surface area contributed by atoms with Crippen LogP contribution in [0.15, 0.2) is 21.2 Å². The molecule has 0 aliphatic carbocycles. The van der Waals surface area contributed by atoms with Crippen molar-refractivity contribution in [3.8, 4) is 0 Å². The lowest BCUT2D eigenvalue weighted by Crippen LogP contribution is -2.38. The monoisotopic (exact) mass is 338 g/mol. The van der Waals surface area contributed by atoms with Crippen LogP contribution in [0.25, 0.3) is 0 Å². The van der Waals surface area contributed by atoms with Crippen molar-refractivity contribution in [1.29, 1.82) is 0 Å². The average molecular weight is 339 g/mol. The molecule has 2 aromatic rings. The van der Waals surface area contributed by atoms with Crippen LogP contribution in [0.1, 0.15) is 42.0 Å². The van der Waals surface area contributed by atoms with Gasteiger partial charge in [0.2, 0.25) is 0 Å². The van der Waals surface area contributed by atoms with Crippen molar-refractivity contribution in [2.24, 2.45) is 0 Å². The Morgan fingerprint density at radius 1 is 1.35 bits per heavy atom. The van der Waals surface area contributed by atoms with Gasteiger partial charge in [-0.3, -0.25) is 4.79 Å². The molecule has 0 unspecified atom stereocenters. The van der Waals surface area contributed by atoms with E-state index in [2.05, 4.69) is 44.5 Å². The fourth-order valence-electron chi connectivity index (χ4n) is 2.37. The van der Waals surface area contributed by atoms with E-state index in [1.807, 2.05) is 0 Å². The predicted octanol–water partition coefficient (Wildman–Crippen LogP) is 2.41. The van der Waals surface area contributed by atoms with Crippen LogP contribution in [0.3, 0.4) is 0 Å². The van der Waals surface area contributed by atoms with Gasteiger partial charge in [0.05, 0.1) is 6.54 Å². The number of hydrogen-bond donors (Lipinski definition) is 0. The van der Waals surface area contributed by atoms with Gasteiger partial charge in [0.1, 0.15) is 5.82 Å². The van der Waals surface area contributed by atoms with Gasteiger partial charge >= 0.3 is 0 Å². The third kappa shape index (κ3) is 2.26. The maximum absolute atomic E-state index is 12.3. The molecule has 0 aromatic carbocycles.